The van der Waals surface area contributed by atoms with E-state index in [2.05, 4.69) is 20.6 Å². The lowest BCUT2D eigenvalue weighted by Crippen LogP contribution is -2.15. The van der Waals surface area contributed by atoms with Gasteiger partial charge in [-0.05, 0) is 6.07 Å². The highest BCUT2D eigenvalue weighted by Crippen LogP contribution is 2.37. The summed E-state index contributed by atoms with van der Waals surface area (Å²) < 4.78 is 92.4. The smallest absolute Gasteiger partial charge is 0.229 e. The SMILES string of the molecule is Fc1cc(Nc2nc(Nc3cc(F)c(F)c(F)c3)c3cc4c(cc3n2)OCCO4)cc(F)c1F. The molecule has 0 aliphatic carbocycles. The average Bonchev–Trinajstić information content (AvgIpc) is 2.80. The molecule has 2 N–H and O–H groups in total. The molecule has 1 aliphatic heterocycles. The van der Waals surface area contributed by atoms with Crippen molar-refractivity contribution in [2.24, 2.45) is 0 Å². The van der Waals surface area contributed by atoms with Crippen LogP contribution in [0.25, 0.3) is 10.9 Å². The van der Waals surface area contributed by atoms with Crippen LogP contribution in [0.2, 0.25) is 0 Å². The Morgan fingerprint density at radius 2 is 1.12 bits per heavy atom. The third-order valence-electron chi connectivity index (χ3n) is 4.85. The van der Waals surface area contributed by atoms with Crippen LogP contribution in [0.5, 0.6) is 11.5 Å². The standard InChI is InChI=1S/C22H12F6N4O2/c23-12-3-9(4-13(24)19(12)27)29-21-11-7-17-18(34-2-1-33-17)8-16(11)31-22(32-21)30-10-5-14(25)20(28)15(26)6-10/h3-8H,1-2H2,(H2,29,30,31,32). The zero-order valence-electron chi connectivity index (χ0n) is 16.9. The van der Waals surface area contributed by atoms with Crippen molar-refractivity contribution in [1.82, 2.24) is 9.97 Å². The molecule has 174 valence electrons. The predicted octanol–water partition coefficient (Wildman–Crippen LogP) is 5.72. The third-order valence-corrected chi connectivity index (χ3v) is 4.85. The molecular weight excluding hydrogens is 466 g/mol. The number of ether oxygens (including phenoxy) is 2. The van der Waals surface area contributed by atoms with Crippen LogP contribution in [-0.4, -0.2) is 23.2 Å². The first kappa shape index (κ1) is 21.6. The van der Waals surface area contributed by atoms with Gasteiger partial charge in [0.1, 0.15) is 19.0 Å². The van der Waals surface area contributed by atoms with E-state index in [1.54, 1.807) is 0 Å². The molecule has 0 spiro atoms. The number of rotatable bonds is 4. The Labute approximate surface area is 187 Å². The highest BCUT2D eigenvalue weighted by Gasteiger charge is 2.19. The molecule has 6 nitrogen and oxygen atoms in total. The molecule has 2 heterocycles. The molecular formula is C22H12F6N4O2. The van der Waals surface area contributed by atoms with Crippen LogP contribution in [-0.2, 0) is 0 Å². The molecule has 1 aliphatic rings. The first-order valence-corrected chi connectivity index (χ1v) is 9.73. The van der Waals surface area contributed by atoms with Crippen molar-refractivity contribution in [1.29, 1.82) is 0 Å². The van der Waals surface area contributed by atoms with E-state index in [9.17, 15) is 26.3 Å². The van der Waals surface area contributed by atoms with Crippen LogP contribution >= 0.6 is 0 Å². The van der Waals surface area contributed by atoms with Crippen LogP contribution in [0.4, 0.5) is 49.5 Å². The Morgan fingerprint density at radius 3 is 1.68 bits per heavy atom. The Bertz CT molecular complexity index is 1400. The summed E-state index contributed by atoms with van der Waals surface area (Å²) in [6.07, 6.45) is 0. The summed E-state index contributed by atoms with van der Waals surface area (Å²) in [5.74, 6) is -8.46. The van der Waals surface area contributed by atoms with Gasteiger partial charge in [0.25, 0.3) is 0 Å². The number of nitrogens with zero attached hydrogens (tertiary/aromatic N) is 2. The average molecular weight is 478 g/mol. The molecule has 4 aromatic rings. The number of hydrogen-bond donors (Lipinski definition) is 2. The molecule has 0 fully saturated rings. The minimum atomic E-state index is -1.64. The van der Waals surface area contributed by atoms with Crippen molar-refractivity contribution < 1.29 is 35.8 Å². The van der Waals surface area contributed by atoms with Gasteiger partial charge in [-0.1, -0.05) is 0 Å². The van der Waals surface area contributed by atoms with Crippen molar-refractivity contribution in [3.05, 3.63) is 71.3 Å². The number of hydrogen-bond acceptors (Lipinski definition) is 6. The van der Waals surface area contributed by atoms with Crippen LogP contribution in [0.3, 0.4) is 0 Å². The molecule has 34 heavy (non-hydrogen) atoms. The normalized spacial score (nSPS) is 12.6. The Balaban J connectivity index is 1.62. The van der Waals surface area contributed by atoms with E-state index in [1.807, 2.05) is 0 Å². The number of anilines is 4. The fourth-order valence-corrected chi connectivity index (χ4v) is 3.34. The summed E-state index contributed by atoms with van der Waals surface area (Å²) in [5, 5.41) is 5.56. The largest absolute Gasteiger partial charge is 0.486 e. The highest BCUT2D eigenvalue weighted by atomic mass is 19.2. The predicted molar refractivity (Wildman–Crippen MR) is 110 cm³/mol. The molecule has 0 saturated carbocycles. The third kappa shape index (κ3) is 3.98. The lowest BCUT2D eigenvalue weighted by atomic mass is 10.2. The van der Waals surface area contributed by atoms with Crippen LogP contribution in [0.1, 0.15) is 0 Å². The van der Waals surface area contributed by atoms with Crippen LogP contribution < -0.4 is 20.1 Å². The zero-order valence-corrected chi connectivity index (χ0v) is 16.9. The fraction of sp³-hybridized carbons (Fsp3) is 0.0909. The van der Waals surface area contributed by atoms with Gasteiger partial charge in [-0.3, -0.25) is 0 Å². The van der Waals surface area contributed by atoms with E-state index in [-0.39, 0.29) is 35.3 Å². The molecule has 0 unspecified atom stereocenters. The zero-order chi connectivity index (χ0) is 24.0. The molecule has 0 atom stereocenters. The van der Waals surface area contributed by atoms with Gasteiger partial charge in [-0.2, -0.15) is 4.98 Å². The lowest BCUT2D eigenvalue weighted by molar-refractivity contribution is 0.172. The van der Waals surface area contributed by atoms with Gasteiger partial charge in [-0.15, -0.1) is 0 Å². The number of benzene rings is 3. The number of nitrogens with one attached hydrogen (secondary N) is 2. The van der Waals surface area contributed by atoms with Crippen molar-refractivity contribution in [2.75, 3.05) is 23.8 Å². The molecule has 0 amide bonds. The van der Waals surface area contributed by atoms with Gasteiger partial charge in [0.15, 0.2) is 46.4 Å². The monoisotopic (exact) mass is 478 g/mol. The summed E-state index contributed by atoms with van der Waals surface area (Å²) in [7, 11) is 0. The Kier molecular flexibility index (Phi) is 5.27. The van der Waals surface area contributed by atoms with Gasteiger partial charge in [0.05, 0.1) is 5.52 Å². The summed E-state index contributed by atoms with van der Waals surface area (Å²) in [6, 6.07) is 5.90. The Hall–Kier alpha value is -4.22. The quantitative estimate of drug-likeness (QED) is 0.289. The second-order valence-corrected chi connectivity index (χ2v) is 7.17. The van der Waals surface area contributed by atoms with Gasteiger partial charge < -0.3 is 20.1 Å². The lowest BCUT2D eigenvalue weighted by Gasteiger charge is -2.20. The molecule has 0 bridgehead atoms. The second-order valence-electron chi connectivity index (χ2n) is 7.17. The fourth-order valence-electron chi connectivity index (χ4n) is 3.34. The van der Waals surface area contributed by atoms with Crippen molar-refractivity contribution in [3.8, 4) is 11.5 Å². The highest BCUT2D eigenvalue weighted by molar-refractivity contribution is 5.94. The first-order chi connectivity index (χ1) is 16.3. The minimum Gasteiger partial charge on any atom is -0.486 e. The maximum absolute atomic E-state index is 13.7. The Morgan fingerprint density at radius 1 is 0.618 bits per heavy atom. The molecule has 5 rings (SSSR count). The molecule has 12 heteroatoms. The summed E-state index contributed by atoms with van der Waals surface area (Å²) >= 11 is 0. The second kappa shape index (κ2) is 8.28. The number of fused-ring (bicyclic) bond motifs is 2. The topological polar surface area (TPSA) is 68.3 Å². The van der Waals surface area contributed by atoms with Gasteiger partial charge in [0.2, 0.25) is 5.95 Å². The molecule has 1 aromatic heterocycles. The minimum absolute atomic E-state index is 0.00191. The van der Waals surface area contributed by atoms with Crippen molar-refractivity contribution >= 4 is 34.0 Å². The van der Waals surface area contributed by atoms with E-state index in [4.69, 9.17) is 9.47 Å². The van der Waals surface area contributed by atoms with Gasteiger partial charge >= 0.3 is 0 Å². The van der Waals surface area contributed by atoms with E-state index in [1.165, 1.54) is 12.1 Å². The van der Waals surface area contributed by atoms with Crippen LogP contribution in [0.15, 0.2) is 36.4 Å². The maximum atomic E-state index is 13.7. The van der Waals surface area contributed by atoms with E-state index in [0.717, 1.165) is 12.1 Å². The molecule has 3 aromatic carbocycles. The van der Waals surface area contributed by atoms with E-state index in [0.29, 0.717) is 35.6 Å². The van der Waals surface area contributed by atoms with E-state index < -0.39 is 34.9 Å². The summed E-state index contributed by atoms with van der Waals surface area (Å²) in [5.41, 5.74) is -0.107. The van der Waals surface area contributed by atoms with E-state index >= 15 is 0 Å². The number of halogens is 6. The molecule has 0 radical (unpaired) electrons. The number of aromatic nitrogens is 2. The van der Waals surface area contributed by atoms with Crippen LogP contribution in [0, 0.1) is 34.9 Å². The van der Waals surface area contributed by atoms with Gasteiger partial charge in [-0.25, -0.2) is 31.3 Å². The summed E-state index contributed by atoms with van der Waals surface area (Å²) in [4.78, 5) is 8.46. The first-order valence-electron chi connectivity index (χ1n) is 9.73. The van der Waals surface area contributed by atoms with Crippen molar-refractivity contribution in [3.63, 3.8) is 0 Å². The summed E-state index contributed by atoms with van der Waals surface area (Å²) in [6.45, 7) is 0.583. The maximum Gasteiger partial charge on any atom is 0.229 e. The molecule has 0 saturated heterocycles. The van der Waals surface area contributed by atoms with Crippen molar-refractivity contribution in [2.45, 2.75) is 0 Å². The van der Waals surface area contributed by atoms with Gasteiger partial charge in [0, 0.05) is 47.1 Å².